The van der Waals surface area contributed by atoms with Gasteiger partial charge in [-0.2, -0.15) is 4.31 Å². The molecule has 44 heavy (non-hydrogen) atoms. The number of nitrogens with zero attached hydrogens (tertiary/aromatic N) is 1. The van der Waals surface area contributed by atoms with Crippen LogP contribution in [0.15, 0.2) is 82.6 Å². The Balaban J connectivity index is 1.55. The number of ether oxygens (including phenoxy) is 3. The fraction of sp³-hybridized carbons (Fsp3) is 0.424. The van der Waals surface area contributed by atoms with Gasteiger partial charge in [0.05, 0.1) is 37.4 Å². The van der Waals surface area contributed by atoms with Gasteiger partial charge >= 0.3 is 6.09 Å². The van der Waals surface area contributed by atoms with E-state index in [4.69, 9.17) is 14.2 Å². The summed E-state index contributed by atoms with van der Waals surface area (Å²) in [5, 5.41) is 14.3. The van der Waals surface area contributed by atoms with Crippen molar-refractivity contribution < 1.29 is 32.5 Å². The molecule has 9 nitrogen and oxygen atoms in total. The van der Waals surface area contributed by atoms with Gasteiger partial charge in [-0.1, -0.05) is 50.2 Å². The van der Waals surface area contributed by atoms with E-state index in [0.717, 1.165) is 16.7 Å². The number of thioether (sulfide) groups is 1. The average Bonchev–Trinajstić information content (AvgIpc) is 3.53. The van der Waals surface area contributed by atoms with Gasteiger partial charge in [0, 0.05) is 24.4 Å². The van der Waals surface area contributed by atoms with E-state index >= 15 is 0 Å². The predicted molar refractivity (Wildman–Crippen MR) is 173 cm³/mol. The minimum atomic E-state index is -3.96. The molecule has 0 unspecified atom stereocenters. The van der Waals surface area contributed by atoms with Crippen LogP contribution in [0.2, 0.25) is 0 Å². The Labute approximate surface area is 265 Å². The van der Waals surface area contributed by atoms with Crippen molar-refractivity contribution in [1.82, 2.24) is 9.62 Å². The molecule has 1 aliphatic rings. The number of benzene rings is 3. The summed E-state index contributed by atoms with van der Waals surface area (Å²) in [5.41, 5.74) is 3.00. The summed E-state index contributed by atoms with van der Waals surface area (Å²) in [6.07, 6.45) is 0.633. The number of hydrogen-bond donors (Lipinski definition) is 2. The third kappa shape index (κ3) is 9.21. The molecule has 1 saturated heterocycles. The first kappa shape index (κ1) is 33.8. The molecule has 1 heterocycles. The van der Waals surface area contributed by atoms with Gasteiger partial charge < -0.3 is 24.6 Å². The molecule has 1 aliphatic heterocycles. The first-order valence-corrected chi connectivity index (χ1v) is 17.4. The monoisotopic (exact) mass is 642 g/mol. The molecular formula is C33H42N2O7S2. The van der Waals surface area contributed by atoms with Crippen molar-refractivity contribution in [3.63, 3.8) is 0 Å². The van der Waals surface area contributed by atoms with Crippen molar-refractivity contribution >= 4 is 27.9 Å². The maximum Gasteiger partial charge on any atom is 0.407 e. The number of amides is 1. The minimum Gasteiger partial charge on any atom is -0.497 e. The molecule has 0 aliphatic carbocycles. The van der Waals surface area contributed by atoms with Crippen LogP contribution in [0.4, 0.5) is 4.79 Å². The maximum atomic E-state index is 13.7. The van der Waals surface area contributed by atoms with Crippen molar-refractivity contribution in [2.24, 2.45) is 5.92 Å². The lowest BCUT2D eigenvalue weighted by atomic mass is 9.98. The molecule has 3 aromatic rings. The maximum absolute atomic E-state index is 13.7. The highest BCUT2D eigenvalue weighted by Crippen LogP contribution is 2.25. The normalized spacial score (nSPS) is 16.6. The Morgan fingerprint density at radius 1 is 1.02 bits per heavy atom. The van der Waals surface area contributed by atoms with Crippen LogP contribution in [0.25, 0.3) is 11.1 Å². The second-order valence-electron chi connectivity index (χ2n) is 11.2. The second-order valence-corrected chi connectivity index (χ2v) is 14.0. The number of rotatable bonds is 14. The van der Waals surface area contributed by atoms with Gasteiger partial charge in [-0.15, -0.1) is 11.8 Å². The number of hydrogen-bond acceptors (Lipinski definition) is 8. The molecule has 3 atom stereocenters. The Hall–Kier alpha value is -3.09. The van der Waals surface area contributed by atoms with Crippen LogP contribution in [-0.2, 0) is 25.9 Å². The average molecular weight is 643 g/mol. The van der Waals surface area contributed by atoms with Gasteiger partial charge in [0.1, 0.15) is 11.9 Å². The topological polar surface area (TPSA) is 114 Å². The quantitative estimate of drug-likeness (QED) is 0.230. The minimum absolute atomic E-state index is 0.00788. The van der Waals surface area contributed by atoms with Crippen LogP contribution < -0.4 is 10.1 Å². The predicted octanol–water partition coefficient (Wildman–Crippen LogP) is 5.22. The Morgan fingerprint density at radius 3 is 2.20 bits per heavy atom. The number of aliphatic hydroxyl groups is 1. The third-order valence-corrected chi connectivity index (χ3v) is 10.0. The van der Waals surface area contributed by atoms with E-state index in [2.05, 4.69) is 29.6 Å². The summed E-state index contributed by atoms with van der Waals surface area (Å²) in [7, 11) is -2.44. The van der Waals surface area contributed by atoms with E-state index in [1.54, 1.807) is 23.9 Å². The van der Waals surface area contributed by atoms with Crippen molar-refractivity contribution in [2.75, 3.05) is 39.7 Å². The molecule has 2 N–H and O–H groups in total. The number of methoxy groups -OCH3 is 1. The second kappa shape index (κ2) is 15.8. The number of carbonyl (C=O) groups is 1. The molecule has 0 bridgehead atoms. The molecule has 0 saturated carbocycles. The lowest BCUT2D eigenvalue weighted by molar-refractivity contribution is 0.0644. The number of nitrogens with one attached hydrogen (secondary N) is 1. The molecule has 0 spiro atoms. The molecule has 4 rings (SSSR count). The summed E-state index contributed by atoms with van der Waals surface area (Å²) in [4.78, 5) is 14.2. The van der Waals surface area contributed by atoms with E-state index in [1.807, 2.05) is 44.4 Å². The van der Waals surface area contributed by atoms with Crippen LogP contribution >= 0.6 is 11.8 Å². The fourth-order valence-electron chi connectivity index (χ4n) is 5.01. The van der Waals surface area contributed by atoms with Gasteiger partial charge in [0.2, 0.25) is 10.0 Å². The summed E-state index contributed by atoms with van der Waals surface area (Å²) < 4.78 is 44.7. The van der Waals surface area contributed by atoms with Crippen LogP contribution in [0.3, 0.4) is 0 Å². The van der Waals surface area contributed by atoms with Crippen molar-refractivity contribution in [1.29, 1.82) is 0 Å². The van der Waals surface area contributed by atoms with Crippen LogP contribution in [0, 0.1) is 5.92 Å². The van der Waals surface area contributed by atoms with Gasteiger partial charge in [0.15, 0.2) is 0 Å². The zero-order valence-electron chi connectivity index (χ0n) is 25.6. The van der Waals surface area contributed by atoms with E-state index in [9.17, 15) is 18.3 Å². The van der Waals surface area contributed by atoms with Crippen molar-refractivity contribution in [2.45, 2.75) is 54.7 Å². The molecule has 1 fully saturated rings. The highest BCUT2D eigenvalue weighted by Gasteiger charge is 2.32. The zero-order valence-corrected chi connectivity index (χ0v) is 27.3. The van der Waals surface area contributed by atoms with Gasteiger partial charge in [-0.25, -0.2) is 13.2 Å². The summed E-state index contributed by atoms with van der Waals surface area (Å²) in [6, 6.07) is 21.5. The number of alkyl carbamates (subject to hydrolysis) is 1. The Bertz CT molecular complexity index is 1440. The molecular weight excluding hydrogens is 601 g/mol. The van der Waals surface area contributed by atoms with Crippen LogP contribution in [0.5, 0.6) is 5.75 Å². The molecule has 11 heteroatoms. The number of sulfonamides is 1. The highest BCUT2D eigenvalue weighted by molar-refractivity contribution is 7.98. The zero-order chi connectivity index (χ0) is 31.7. The first-order valence-electron chi connectivity index (χ1n) is 14.7. The van der Waals surface area contributed by atoms with Gasteiger partial charge in [-0.3, -0.25) is 0 Å². The first-order chi connectivity index (χ1) is 21.1. The molecule has 0 radical (unpaired) electrons. The molecule has 1 amide bonds. The lowest BCUT2D eigenvalue weighted by Crippen LogP contribution is -2.51. The lowest BCUT2D eigenvalue weighted by Gasteiger charge is -2.30. The number of carbonyl (C=O) groups excluding carboxylic acids is 1. The van der Waals surface area contributed by atoms with Crippen molar-refractivity contribution in [3.05, 3.63) is 78.4 Å². The van der Waals surface area contributed by atoms with E-state index in [-0.39, 0.29) is 36.4 Å². The SMILES string of the molecule is COc1ccc(S(=O)(=O)N(CC(C)C)C[C@@H](O)[C@H](Cc2ccc(-c3ccc(SC)cc3)cc2)NC(=O)O[C@H]2CCOC2)cc1. The summed E-state index contributed by atoms with van der Waals surface area (Å²) >= 11 is 1.69. The molecule has 3 aromatic carbocycles. The molecule has 0 aromatic heterocycles. The standard InChI is InChI=1S/C33H42N2O7S2/c1-23(2)20-35(44(38,39)30-15-11-27(40-3)12-16-30)21-32(36)31(34-33(37)42-28-17-18-41-22-28)19-24-5-7-25(8-6-24)26-9-13-29(43-4)14-10-26/h5-16,23,28,31-32,36H,17-22H2,1-4H3,(H,34,37)/t28-,31-,32+/m0/s1. The fourth-order valence-corrected chi connectivity index (χ4v) is 7.04. The largest absolute Gasteiger partial charge is 0.497 e. The van der Waals surface area contributed by atoms with Gasteiger partial charge in [0.25, 0.3) is 0 Å². The molecule has 238 valence electrons. The smallest absolute Gasteiger partial charge is 0.407 e. The highest BCUT2D eigenvalue weighted by atomic mass is 32.2. The Morgan fingerprint density at radius 2 is 1.66 bits per heavy atom. The van der Waals surface area contributed by atoms with Crippen LogP contribution in [-0.4, -0.2) is 81.8 Å². The van der Waals surface area contributed by atoms with E-state index < -0.39 is 28.3 Å². The van der Waals surface area contributed by atoms with Gasteiger partial charge in [-0.05, 0) is 71.7 Å². The Kier molecular flexibility index (Phi) is 12.1. The van der Waals surface area contributed by atoms with E-state index in [0.29, 0.717) is 25.4 Å². The summed E-state index contributed by atoms with van der Waals surface area (Å²) in [5.74, 6) is 0.532. The summed E-state index contributed by atoms with van der Waals surface area (Å²) in [6.45, 7) is 4.63. The van der Waals surface area contributed by atoms with E-state index in [1.165, 1.54) is 28.4 Å². The number of aliphatic hydroxyl groups excluding tert-OH is 1. The third-order valence-electron chi connectivity index (χ3n) is 7.42. The van der Waals surface area contributed by atoms with Crippen molar-refractivity contribution in [3.8, 4) is 16.9 Å². The van der Waals surface area contributed by atoms with Crippen LogP contribution in [0.1, 0.15) is 25.8 Å².